The summed E-state index contributed by atoms with van der Waals surface area (Å²) >= 11 is 0. The quantitative estimate of drug-likeness (QED) is 0.747. The van der Waals surface area contributed by atoms with Crippen LogP contribution in [0.1, 0.15) is 52.0 Å². The molecule has 0 amide bonds. The van der Waals surface area contributed by atoms with Gasteiger partial charge in [-0.25, -0.2) is 8.42 Å². The Balaban J connectivity index is 2.28. The highest BCUT2D eigenvalue weighted by Gasteiger charge is 2.45. The zero-order valence-electron chi connectivity index (χ0n) is 15.3. The summed E-state index contributed by atoms with van der Waals surface area (Å²) in [5, 5.41) is 0. The second-order valence-electron chi connectivity index (χ2n) is 6.71. The summed E-state index contributed by atoms with van der Waals surface area (Å²) in [5.74, 6) is 0.155. The van der Waals surface area contributed by atoms with E-state index in [-0.39, 0.29) is 17.6 Å². The largest absolute Gasteiger partial charge is 0.491 e. The van der Waals surface area contributed by atoms with Crippen LogP contribution >= 0.6 is 0 Å². The van der Waals surface area contributed by atoms with Crippen LogP contribution in [0.2, 0.25) is 0 Å². The lowest BCUT2D eigenvalue weighted by atomic mass is 10.00. The van der Waals surface area contributed by atoms with Crippen molar-refractivity contribution in [3.8, 4) is 5.75 Å². The molecule has 7 heteroatoms. The molecule has 1 aliphatic carbocycles. The molecule has 1 aromatic rings. The Hall–Kier alpha value is -1.60. The Bertz CT molecular complexity index is 721. The van der Waals surface area contributed by atoms with E-state index >= 15 is 0 Å². The number of benzene rings is 1. The molecule has 1 fully saturated rings. The molecule has 0 bridgehead atoms. The highest BCUT2D eigenvalue weighted by atomic mass is 32.2. The highest BCUT2D eigenvalue weighted by Crippen LogP contribution is 2.33. The van der Waals surface area contributed by atoms with Crippen molar-refractivity contribution in [1.82, 2.24) is 4.72 Å². The first kappa shape index (κ1) is 19.7. The Morgan fingerprint density at radius 3 is 2.44 bits per heavy atom. The SMILES string of the molecule is CCOC(=O)C1(NS(=O)(=O)c2ccc(OC(C)C)c(C)c2)CCCC1. The van der Waals surface area contributed by atoms with E-state index in [1.165, 1.54) is 6.07 Å². The van der Waals surface area contributed by atoms with Crippen LogP contribution < -0.4 is 9.46 Å². The number of nitrogens with one attached hydrogen (secondary N) is 1. The van der Waals surface area contributed by atoms with Gasteiger partial charge in [-0.15, -0.1) is 0 Å². The standard InChI is InChI=1S/C18H27NO5S/c1-5-23-17(20)18(10-6-7-11-18)19-25(21,22)15-8-9-16(14(4)12-15)24-13(2)3/h8-9,12-13,19H,5-7,10-11H2,1-4H3. The molecular formula is C18H27NO5S. The number of hydrogen-bond donors (Lipinski definition) is 1. The van der Waals surface area contributed by atoms with Crippen LogP contribution in [-0.4, -0.2) is 32.6 Å². The van der Waals surface area contributed by atoms with E-state index in [0.717, 1.165) is 18.4 Å². The Morgan fingerprint density at radius 1 is 1.28 bits per heavy atom. The number of hydrogen-bond acceptors (Lipinski definition) is 5. The van der Waals surface area contributed by atoms with Gasteiger partial charge in [0, 0.05) is 0 Å². The fourth-order valence-corrected chi connectivity index (χ4v) is 4.59. The number of aryl methyl sites for hydroxylation is 1. The number of ether oxygens (including phenoxy) is 2. The van der Waals surface area contributed by atoms with Gasteiger partial charge in [-0.1, -0.05) is 12.8 Å². The van der Waals surface area contributed by atoms with Crippen LogP contribution in [0.5, 0.6) is 5.75 Å². The maximum Gasteiger partial charge on any atom is 0.327 e. The second kappa shape index (κ2) is 7.74. The first-order valence-electron chi connectivity index (χ1n) is 8.69. The molecule has 0 spiro atoms. The third-order valence-corrected chi connectivity index (χ3v) is 5.81. The first-order chi connectivity index (χ1) is 11.7. The number of carbonyl (C=O) groups excluding carboxylic acids is 1. The van der Waals surface area contributed by atoms with E-state index < -0.39 is 21.5 Å². The number of sulfonamides is 1. The fraction of sp³-hybridized carbons (Fsp3) is 0.611. The lowest BCUT2D eigenvalue weighted by Gasteiger charge is -2.27. The molecular weight excluding hydrogens is 342 g/mol. The van der Waals surface area contributed by atoms with Gasteiger partial charge in [0.2, 0.25) is 10.0 Å². The predicted molar refractivity (Wildman–Crippen MR) is 95.1 cm³/mol. The summed E-state index contributed by atoms with van der Waals surface area (Å²) in [6.07, 6.45) is 2.50. The molecule has 2 rings (SSSR count). The molecule has 0 aromatic heterocycles. The van der Waals surface area contributed by atoms with Gasteiger partial charge in [0.1, 0.15) is 11.3 Å². The van der Waals surface area contributed by atoms with Crippen molar-refractivity contribution in [1.29, 1.82) is 0 Å². The average molecular weight is 369 g/mol. The molecule has 0 aliphatic heterocycles. The van der Waals surface area contributed by atoms with Crippen molar-refractivity contribution in [3.05, 3.63) is 23.8 Å². The maximum atomic E-state index is 12.8. The van der Waals surface area contributed by atoms with E-state index in [0.29, 0.717) is 18.6 Å². The van der Waals surface area contributed by atoms with Crippen LogP contribution in [0.15, 0.2) is 23.1 Å². The van der Waals surface area contributed by atoms with Crippen molar-refractivity contribution in [2.45, 2.75) is 69.9 Å². The van der Waals surface area contributed by atoms with Gasteiger partial charge in [-0.3, -0.25) is 4.79 Å². The van der Waals surface area contributed by atoms with Crippen molar-refractivity contribution in [2.24, 2.45) is 0 Å². The van der Waals surface area contributed by atoms with Gasteiger partial charge in [0.15, 0.2) is 0 Å². The predicted octanol–water partition coefficient (Wildman–Crippen LogP) is 2.94. The third-order valence-electron chi connectivity index (χ3n) is 4.27. The molecule has 1 aromatic carbocycles. The summed E-state index contributed by atoms with van der Waals surface area (Å²) in [5.41, 5.74) is -0.427. The highest BCUT2D eigenvalue weighted by molar-refractivity contribution is 7.89. The van der Waals surface area contributed by atoms with Crippen LogP contribution in [0.3, 0.4) is 0 Å². The molecule has 1 N–H and O–H groups in total. The van der Waals surface area contributed by atoms with Crippen LogP contribution in [0, 0.1) is 6.92 Å². The Labute approximate surface area is 150 Å². The monoisotopic (exact) mass is 369 g/mol. The lowest BCUT2D eigenvalue weighted by molar-refractivity contribution is -0.150. The topological polar surface area (TPSA) is 81.7 Å². The van der Waals surface area contributed by atoms with Crippen LogP contribution in [0.25, 0.3) is 0 Å². The van der Waals surface area contributed by atoms with E-state index in [4.69, 9.17) is 9.47 Å². The third kappa shape index (κ3) is 4.52. The molecule has 0 unspecified atom stereocenters. The number of rotatable bonds is 7. The van der Waals surface area contributed by atoms with Crippen molar-refractivity contribution in [3.63, 3.8) is 0 Å². The van der Waals surface area contributed by atoms with Crippen LogP contribution in [0.4, 0.5) is 0 Å². The minimum atomic E-state index is -3.84. The van der Waals surface area contributed by atoms with Crippen molar-refractivity contribution < 1.29 is 22.7 Å². The summed E-state index contributed by atoms with van der Waals surface area (Å²) in [4.78, 5) is 12.5. The summed E-state index contributed by atoms with van der Waals surface area (Å²) in [7, 11) is -3.84. The molecule has 0 heterocycles. The summed E-state index contributed by atoms with van der Waals surface area (Å²) in [6, 6.07) is 4.71. The number of carbonyl (C=O) groups is 1. The lowest BCUT2D eigenvalue weighted by Crippen LogP contribution is -2.53. The van der Waals surface area contributed by atoms with Gasteiger partial charge >= 0.3 is 5.97 Å². The average Bonchev–Trinajstić information content (AvgIpc) is 2.98. The molecule has 1 aliphatic rings. The Kier molecular flexibility index (Phi) is 6.11. The zero-order valence-corrected chi connectivity index (χ0v) is 16.1. The second-order valence-corrected chi connectivity index (χ2v) is 8.39. The molecule has 0 atom stereocenters. The normalized spacial score (nSPS) is 16.8. The molecule has 1 saturated carbocycles. The van der Waals surface area contributed by atoms with E-state index in [1.54, 1.807) is 26.0 Å². The van der Waals surface area contributed by atoms with E-state index in [2.05, 4.69) is 4.72 Å². The summed E-state index contributed by atoms with van der Waals surface area (Å²) in [6.45, 7) is 7.56. The Morgan fingerprint density at radius 2 is 1.92 bits per heavy atom. The molecule has 25 heavy (non-hydrogen) atoms. The molecule has 140 valence electrons. The molecule has 0 radical (unpaired) electrons. The van der Waals surface area contributed by atoms with E-state index in [9.17, 15) is 13.2 Å². The van der Waals surface area contributed by atoms with Gasteiger partial charge in [-0.05, 0) is 64.3 Å². The minimum Gasteiger partial charge on any atom is -0.491 e. The fourth-order valence-electron chi connectivity index (χ4n) is 3.09. The maximum absolute atomic E-state index is 12.8. The van der Waals surface area contributed by atoms with Gasteiger partial charge < -0.3 is 9.47 Å². The zero-order chi connectivity index (χ0) is 18.7. The van der Waals surface area contributed by atoms with E-state index in [1.807, 2.05) is 13.8 Å². The van der Waals surface area contributed by atoms with Crippen molar-refractivity contribution >= 4 is 16.0 Å². The smallest absolute Gasteiger partial charge is 0.327 e. The molecule has 6 nitrogen and oxygen atoms in total. The van der Waals surface area contributed by atoms with Crippen molar-refractivity contribution in [2.75, 3.05) is 6.61 Å². The minimum absolute atomic E-state index is 0.00449. The first-order valence-corrected chi connectivity index (χ1v) is 10.2. The summed E-state index contributed by atoms with van der Waals surface area (Å²) < 4.78 is 39.0. The van der Waals surface area contributed by atoms with Gasteiger partial charge in [0.25, 0.3) is 0 Å². The van der Waals surface area contributed by atoms with Crippen LogP contribution in [-0.2, 0) is 19.6 Å². The van der Waals surface area contributed by atoms with Gasteiger partial charge in [0.05, 0.1) is 17.6 Å². The van der Waals surface area contributed by atoms with Gasteiger partial charge in [-0.2, -0.15) is 4.72 Å². The molecule has 0 saturated heterocycles. The number of esters is 1.